The minimum atomic E-state index is 0.112. The van der Waals surface area contributed by atoms with Crippen LogP contribution in [0.2, 0.25) is 0 Å². The van der Waals surface area contributed by atoms with Crippen molar-refractivity contribution in [3.63, 3.8) is 0 Å². The molecule has 19 heavy (non-hydrogen) atoms. The van der Waals surface area contributed by atoms with Gasteiger partial charge in [-0.1, -0.05) is 0 Å². The van der Waals surface area contributed by atoms with Crippen molar-refractivity contribution in [3.05, 3.63) is 20.8 Å². The van der Waals surface area contributed by atoms with E-state index >= 15 is 0 Å². The highest BCUT2D eigenvalue weighted by Crippen LogP contribution is 2.19. The third-order valence-electron chi connectivity index (χ3n) is 3.40. The number of amides is 1. The van der Waals surface area contributed by atoms with Crippen LogP contribution >= 0.6 is 27.3 Å². The second-order valence-electron chi connectivity index (χ2n) is 5.09. The number of halogens is 1. The maximum absolute atomic E-state index is 11.9. The van der Waals surface area contributed by atoms with Crippen molar-refractivity contribution in [1.82, 2.24) is 15.1 Å². The second kappa shape index (κ2) is 6.83. The van der Waals surface area contributed by atoms with Crippen LogP contribution < -0.4 is 5.32 Å². The predicted molar refractivity (Wildman–Crippen MR) is 82.4 cm³/mol. The fraction of sp³-hybridized carbons (Fsp3) is 0.615. The lowest BCUT2D eigenvalue weighted by molar-refractivity contribution is -0.123. The lowest BCUT2D eigenvalue weighted by Gasteiger charge is -2.37. The van der Waals surface area contributed by atoms with E-state index < -0.39 is 0 Å². The first kappa shape index (κ1) is 15.0. The number of thiophene rings is 1. The number of hydrogen-bond acceptors (Lipinski definition) is 4. The van der Waals surface area contributed by atoms with Crippen LogP contribution in [0.5, 0.6) is 0 Å². The highest BCUT2D eigenvalue weighted by molar-refractivity contribution is 9.10. The molecule has 1 aromatic rings. The number of hydrogen-bond donors (Lipinski definition) is 1. The topological polar surface area (TPSA) is 35.6 Å². The maximum atomic E-state index is 11.9. The van der Waals surface area contributed by atoms with Gasteiger partial charge in [-0.2, -0.15) is 0 Å². The molecule has 0 saturated carbocycles. The third-order valence-corrected chi connectivity index (χ3v) is 5.09. The van der Waals surface area contributed by atoms with Crippen molar-refractivity contribution < 1.29 is 4.79 Å². The number of rotatable bonds is 4. The van der Waals surface area contributed by atoms with Crippen LogP contribution in [-0.2, 0) is 11.3 Å². The molecule has 6 heteroatoms. The molecule has 106 valence electrons. The van der Waals surface area contributed by atoms with Crippen LogP contribution in [0.4, 0.5) is 0 Å². The Kier molecular flexibility index (Phi) is 5.38. The van der Waals surface area contributed by atoms with E-state index in [0.29, 0.717) is 19.1 Å². The van der Waals surface area contributed by atoms with E-state index in [1.165, 1.54) is 4.88 Å². The zero-order valence-corrected chi connectivity index (χ0v) is 13.8. The molecule has 1 amide bonds. The average molecular weight is 346 g/mol. The van der Waals surface area contributed by atoms with Crippen molar-refractivity contribution in [3.8, 4) is 0 Å². The van der Waals surface area contributed by atoms with Crippen LogP contribution in [0, 0.1) is 0 Å². The number of nitrogens with one attached hydrogen (secondary N) is 1. The number of carbonyl (C=O) groups excluding carboxylic acids is 1. The van der Waals surface area contributed by atoms with E-state index in [9.17, 15) is 4.79 Å². The molecule has 0 aromatic carbocycles. The first-order chi connectivity index (χ1) is 9.04. The minimum Gasteiger partial charge on any atom is -0.350 e. The van der Waals surface area contributed by atoms with E-state index in [-0.39, 0.29) is 5.91 Å². The maximum Gasteiger partial charge on any atom is 0.234 e. The van der Waals surface area contributed by atoms with Gasteiger partial charge in [0.05, 0.1) is 13.1 Å². The molecular weight excluding hydrogens is 326 g/mol. The van der Waals surface area contributed by atoms with Gasteiger partial charge in [-0.05, 0) is 36.0 Å². The normalized spacial score (nSPS) is 21.5. The monoisotopic (exact) mass is 345 g/mol. The molecular formula is C13H20BrN3OS. The summed E-state index contributed by atoms with van der Waals surface area (Å²) in [5.41, 5.74) is 0. The van der Waals surface area contributed by atoms with Gasteiger partial charge in [0, 0.05) is 40.4 Å². The van der Waals surface area contributed by atoms with Gasteiger partial charge in [0.1, 0.15) is 0 Å². The lowest BCUT2D eigenvalue weighted by Crippen LogP contribution is -2.53. The van der Waals surface area contributed by atoms with Crippen molar-refractivity contribution in [2.24, 2.45) is 0 Å². The molecule has 2 rings (SSSR count). The summed E-state index contributed by atoms with van der Waals surface area (Å²) in [6, 6.07) is 2.49. The van der Waals surface area contributed by atoms with Crippen molar-refractivity contribution in [2.45, 2.75) is 19.5 Å². The van der Waals surface area contributed by atoms with E-state index in [4.69, 9.17) is 0 Å². The second-order valence-corrected chi connectivity index (χ2v) is 7.00. The standard InChI is InChI=1S/C13H20BrN3OS/c1-10-7-16(2)3-4-17(10)8-13(18)15-6-12-5-11(14)9-19-12/h5,9-10H,3-4,6-8H2,1-2H3,(H,15,18). The Morgan fingerprint density at radius 1 is 1.58 bits per heavy atom. The van der Waals surface area contributed by atoms with Crippen LogP contribution in [-0.4, -0.2) is 55.0 Å². The summed E-state index contributed by atoms with van der Waals surface area (Å²) in [4.78, 5) is 17.7. The summed E-state index contributed by atoms with van der Waals surface area (Å²) < 4.78 is 1.08. The first-order valence-electron chi connectivity index (χ1n) is 6.47. The largest absolute Gasteiger partial charge is 0.350 e. The van der Waals surface area contributed by atoms with Gasteiger partial charge in [-0.3, -0.25) is 9.69 Å². The summed E-state index contributed by atoms with van der Waals surface area (Å²) in [6.45, 7) is 6.34. The SMILES string of the molecule is CC1CN(C)CCN1CC(=O)NCc1cc(Br)cs1. The van der Waals surface area contributed by atoms with Crippen molar-refractivity contribution in [2.75, 3.05) is 33.2 Å². The van der Waals surface area contributed by atoms with E-state index in [1.807, 2.05) is 11.4 Å². The Bertz CT molecular complexity index is 437. The summed E-state index contributed by atoms with van der Waals surface area (Å²) in [5, 5.41) is 5.02. The number of likely N-dealkylation sites (N-methyl/N-ethyl adjacent to an activating group) is 1. The van der Waals surface area contributed by atoms with Gasteiger partial charge in [0.25, 0.3) is 0 Å². The molecule has 1 aliphatic heterocycles. The van der Waals surface area contributed by atoms with Crippen LogP contribution in [0.15, 0.2) is 15.9 Å². The highest BCUT2D eigenvalue weighted by Gasteiger charge is 2.22. The van der Waals surface area contributed by atoms with Crippen molar-refractivity contribution >= 4 is 33.2 Å². The van der Waals surface area contributed by atoms with Gasteiger partial charge in [0.2, 0.25) is 5.91 Å². The molecule has 1 saturated heterocycles. The van der Waals surface area contributed by atoms with E-state index in [1.54, 1.807) is 11.3 Å². The molecule has 0 bridgehead atoms. The average Bonchev–Trinajstić information content (AvgIpc) is 2.76. The Labute approximate surface area is 126 Å². The zero-order chi connectivity index (χ0) is 13.8. The molecule has 1 N–H and O–H groups in total. The highest BCUT2D eigenvalue weighted by atomic mass is 79.9. The summed E-state index contributed by atoms with van der Waals surface area (Å²) in [7, 11) is 2.13. The fourth-order valence-corrected chi connectivity index (χ4v) is 3.68. The predicted octanol–water partition coefficient (Wildman–Crippen LogP) is 1.76. The fourth-order valence-electron chi connectivity index (χ4n) is 2.28. The first-order valence-corrected chi connectivity index (χ1v) is 8.14. The summed E-state index contributed by atoms with van der Waals surface area (Å²) in [6.07, 6.45) is 0. The Hall–Kier alpha value is -0.430. The van der Waals surface area contributed by atoms with E-state index in [0.717, 1.165) is 24.1 Å². The molecule has 0 spiro atoms. The van der Waals surface area contributed by atoms with Crippen LogP contribution in [0.1, 0.15) is 11.8 Å². The molecule has 2 heterocycles. The summed E-state index contributed by atoms with van der Waals surface area (Å²) in [5.74, 6) is 0.112. The number of nitrogens with zero attached hydrogens (tertiary/aromatic N) is 2. The quantitative estimate of drug-likeness (QED) is 0.903. The summed E-state index contributed by atoms with van der Waals surface area (Å²) >= 11 is 5.07. The number of piperazine rings is 1. The third kappa shape index (κ3) is 4.56. The minimum absolute atomic E-state index is 0.112. The molecule has 0 aliphatic carbocycles. The number of carbonyl (C=O) groups is 1. The van der Waals surface area contributed by atoms with Gasteiger partial charge in [-0.15, -0.1) is 11.3 Å². The molecule has 1 aromatic heterocycles. The lowest BCUT2D eigenvalue weighted by atomic mass is 10.2. The molecule has 1 aliphatic rings. The molecule has 4 nitrogen and oxygen atoms in total. The van der Waals surface area contributed by atoms with Gasteiger partial charge < -0.3 is 10.2 Å². The Balaban J connectivity index is 1.75. The van der Waals surface area contributed by atoms with Gasteiger partial charge in [0.15, 0.2) is 0 Å². The van der Waals surface area contributed by atoms with E-state index in [2.05, 4.69) is 45.0 Å². The molecule has 1 atom stereocenters. The van der Waals surface area contributed by atoms with Crippen LogP contribution in [0.25, 0.3) is 0 Å². The van der Waals surface area contributed by atoms with Gasteiger partial charge in [-0.25, -0.2) is 0 Å². The van der Waals surface area contributed by atoms with Crippen molar-refractivity contribution in [1.29, 1.82) is 0 Å². The zero-order valence-electron chi connectivity index (χ0n) is 11.4. The molecule has 1 unspecified atom stereocenters. The van der Waals surface area contributed by atoms with Gasteiger partial charge >= 0.3 is 0 Å². The molecule has 0 radical (unpaired) electrons. The Morgan fingerprint density at radius 2 is 2.37 bits per heavy atom. The molecule has 1 fully saturated rings. The Morgan fingerprint density at radius 3 is 3.00 bits per heavy atom. The smallest absolute Gasteiger partial charge is 0.234 e. The van der Waals surface area contributed by atoms with Crippen LogP contribution in [0.3, 0.4) is 0 Å².